The standard InChI is InChI=1S/C19H27F2NO5/c1-5-25-9-13-15(23)10-26-17(12-8-11(20)6-7-14(12)21)16(13)22-18(24)27-19(2,3)4/h6-8,13,15-17,23H,5,9-10H2,1-4H3,(H,22,24)/t13?,15?,16-,17+/m0/s1. The number of amides is 1. The first-order valence-corrected chi connectivity index (χ1v) is 8.94. The van der Waals surface area contributed by atoms with Gasteiger partial charge in [-0.25, -0.2) is 13.6 Å². The highest BCUT2D eigenvalue weighted by Crippen LogP contribution is 2.34. The predicted molar refractivity (Wildman–Crippen MR) is 94.2 cm³/mol. The van der Waals surface area contributed by atoms with Crippen LogP contribution in [-0.2, 0) is 14.2 Å². The second-order valence-electron chi connectivity index (χ2n) is 7.48. The minimum atomic E-state index is -0.998. The van der Waals surface area contributed by atoms with Gasteiger partial charge in [0.25, 0.3) is 0 Å². The minimum absolute atomic E-state index is 0.0375. The lowest BCUT2D eigenvalue weighted by Gasteiger charge is -2.41. The molecule has 0 aliphatic carbocycles. The molecule has 0 spiro atoms. The van der Waals surface area contributed by atoms with Gasteiger partial charge in [0, 0.05) is 18.1 Å². The van der Waals surface area contributed by atoms with E-state index in [0.29, 0.717) is 6.61 Å². The van der Waals surface area contributed by atoms with Crippen molar-refractivity contribution >= 4 is 6.09 Å². The van der Waals surface area contributed by atoms with Gasteiger partial charge < -0.3 is 24.6 Å². The highest BCUT2D eigenvalue weighted by atomic mass is 19.1. The van der Waals surface area contributed by atoms with Gasteiger partial charge in [0.05, 0.1) is 25.4 Å². The van der Waals surface area contributed by atoms with Gasteiger partial charge in [-0.05, 0) is 45.9 Å². The number of rotatable bonds is 5. The SMILES string of the molecule is CCOCC1C(O)CO[C@H](c2cc(F)ccc2F)[C@H]1NC(=O)OC(C)(C)C. The average Bonchev–Trinajstić information content (AvgIpc) is 2.55. The number of aliphatic hydroxyl groups is 1. The first kappa shape index (κ1) is 21.5. The Labute approximate surface area is 157 Å². The normalized spacial score (nSPS) is 25.9. The van der Waals surface area contributed by atoms with E-state index in [1.54, 1.807) is 27.7 Å². The van der Waals surface area contributed by atoms with Crippen molar-refractivity contribution in [2.75, 3.05) is 19.8 Å². The molecule has 152 valence electrons. The van der Waals surface area contributed by atoms with Crippen LogP contribution >= 0.6 is 0 Å². The third-order valence-corrected chi connectivity index (χ3v) is 4.19. The lowest BCUT2D eigenvalue weighted by molar-refractivity contribution is -0.127. The van der Waals surface area contributed by atoms with E-state index in [9.17, 15) is 18.7 Å². The van der Waals surface area contributed by atoms with Crippen molar-refractivity contribution in [2.24, 2.45) is 5.92 Å². The summed E-state index contributed by atoms with van der Waals surface area (Å²) in [5.41, 5.74) is -0.780. The molecule has 1 aromatic carbocycles. The van der Waals surface area contributed by atoms with Gasteiger partial charge >= 0.3 is 6.09 Å². The van der Waals surface area contributed by atoms with E-state index in [-0.39, 0.29) is 18.8 Å². The number of carbonyl (C=O) groups is 1. The van der Waals surface area contributed by atoms with E-state index in [0.717, 1.165) is 18.2 Å². The van der Waals surface area contributed by atoms with Crippen LogP contribution in [0.25, 0.3) is 0 Å². The van der Waals surface area contributed by atoms with Gasteiger partial charge in [0.15, 0.2) is 0 Å². The number of benzene rings is 1. The fourth-order valence-electron chi connectivity index (χ4n) is 3.00. The Balaban J connectivity index is 2.34. The van der Waals surface area contributed by atoms with E-state index in [1.807, 2.05) is 0 Å². The molecule has 2 N–H and O–H groups in total. The van der Waals surface area contributed by atoms with Crippen LogP contribution in [0.5, 0.6) is 0 Å². The molecule has 2 rings (SSSR count). The van der Waals surface area contributed by atoms with E-state index >= 15 is 0 Å². The van der Waals surface area contributed by atoms with Crippen LogP contribution in [0, 0.1) is 17.6 Å². The van der Waals surface area contributed by atoms with Crippen molar-refractivity contribution in [2.45, 2.75) is 51.5 Å². The van der Waals surface area contributed by atoms with Crippen LogP contribution in [-0.4, -0.2) is 48.8 Å². The van der Waals surface area contributed by atoms with E-state index < -0.39 is 47.5 Å². The van der Waals surface area contributed by atoms with Crippen LogP contribution in [0.2, 0.25) is 0 Å². The molecule has 1 saturated heterocycles. The monoisotopic (exact) mass is 387 g/mol. The van der Waals surface area contributed by atoms with Crippen LogP contribution in [0.1, 0.15) is 39.4 Å². The maximum absolute atomic E-state index is 14.3. The van der Waals surface area contributed by atoms with Crippen molar-refractivity contribution in [3.8, 4) is 0 Å². The van der Waals surface area contributed by atoms with Crippen molar-refractivity contribution in [1.29, 1.82) is 0 Å². The Bertz CT molecular complexity index is 649. The Hall–Kier alpha value is -1.77. The van der Waals surface area contributed by atoms with Crippen LogP contribution in [0.3, 0.4) is 0 Å². The van der Waals surface area contributed by atoms with Crippen LogP contribution < -0.4 is 5.32 Å². The minimum Gasteiger partial charge on any atom is -0.444 e. The summed E-state index contributed by atoms with van der Waals surface area (Å²) in [7, 11) is 0. The number of carbonyl (C=O) groups excluding carboxylic acids is 1. The number of ether oxygens (including phenoxy) is 3. The van der Waals surface area contributed by atoms with Crippen molar-refractivity contribution in [3.05, 3.63) is 35.4 Å². The van der Waals surface area contributed by atoms with E-state index in [1.165, 1.54) is 0 Å². The largest absolute Gasteiger partial charge is 0.444 e. The molecule has 0 bridgehead atoms. The predicted octanol–water partition coefficient (Wildman–Crippen LogP) is 2.94. The number of alkyl carbamates (subject to hydrolysis) is 1. The van der Waals surface area contributed by atoms with Gasteiger partial charge in [-0.15, -0.1) is 0 Å². The molecule has 8 heteroatoms. The summed E-state index contributed by atoms with van der Waals surface area (Å²) in [5, 5.41) is 13.0. The van der Waals surface area contributed by atoms with Crippen LogP contribution in [0.15, 0.2) is 18.2 Å². The van der Waals surface area contributed by atoms with Crippen molar-refractivity contribution < 1.29 is 32.9 Å². The fraction of sp³-hybridized carbons (Fsp3) is 0.632. The third-order valence-electron chi connectivity index (χ3n) is 4.19. The summed E-state index contributed by atoms with van der Waals surface area (Å²) in [6.45, 7) is 7.36. The Morgan fingerprint density at radius 1 is 1.37 bits per heavy atom. The molecule has 1 aliphatic heterocycles. The summed E-state index contributed by atoms with van der Waals surface area (Å²) in [4.78, 5) is 12.3. The zero-order chi connectivity index (χ0) is 20.2. The molecule has 1 aromatic rings. The second-order valence-corrected chi connectivity index (χ2v) is 7.48. The van der Waals surface area contributed by atoms with Crippen LogP contribution in [0.4, 0.5) is 13.6 Å². The maximum Gasteiger partial charge on any atom is 0.407 e. The molecule has 27 heavy (non-hydrogen) atoms. The molecule has 0 radical (unpaired) electrons. The molecular formula is C19H27F2NO5. The van der Waals surface area contributed by atoms with E-state index in [2.05, 4.69) is 5.32 Å². The quantitative estimate of drug-likeness (QED) is 0.812. The van der Waals surface area contributed by atoms with Crippen molar-refractivity contribution in [3.63, 3.8) is 0 Å². The number of halogens is 2. The summed E-state index contributed by atoms with van der Waals surface area (Å²) >= 11 is 0. The molecular weight excluding hydrogens is 360 g/mol. The molecule has 1 aliphatic rings. The number of nitrogens with one attached hydrogen (secondary N) is 1. The van der Waals surface area contributed by atoms with Gasteiger partial charge in [0.2, 0.25) is 0 Å². The fourth-order valence-corrected chi connectivity index (χ4v) is 3.00. The van der Waals surface area contributed by atoms with Gasteiger partial charge in [-0.1, -0.05) is 0 Å². The zero-order valence-corrected chi connectivity index (χ0v) is 16.0. The van der Waals surface area contributed by atoms with E-state index in [4.69, 9.17) is 14.2 Å². The summed E-state index contributed by atoms with van der Waals surface area (Å²) in [6, 6.07) is 2.16. The third kappa shape index (κ3) is 5.85. The summed E-state index contributed by atoms with van der Waals surface area (Å²) in [6.07, 6.45) is -2.68. The Morgan fingerprint density at radius 2 is 2.07 bits per heavy atom. The number of aliphatic hydroxyl groups excluding tert-OH is 1. The molecule has 1 fully saturated rings. The molecule has 1 heterocycles. The van der Waals surface area contributed by atoms with Gasteiger partial charge in [0.1, 0.15) is 23.3 Å². The molecule has 0 saturated carbocycles. The molecule has 1 amide bonds. The van der Waals surface area contributed by atoms with Crippen molar-refractivity contribution in [1.82, 2.24) is 5.32 Å². The molecule has 0 aromatic heterocycles. The second kappa shape index (κ2) is 8.95. The average molecular weight is 387 g/mol. The van der Waals surface area contributed by atoms with Gasteiger partial charge in [-0.2, -0.15) is 0 Å². The number of hydrogen-bond donors (Lipinski definition) is 2. The molecule has 2 unspecified atom stereocenters. The van der Waals surface area contributed by atoms with Gasteiger partial charge in [-0.3, -0.25) is 0 Å². The smallest absolute Gasteiger partial charge is 0.407 e. The number of hydrogen-bond acceptors (Lipinski definition) is 5. The molecule has 6 nitrogen and oxygen atoms in total. The molecule has 4 atom stereocenters. The summed E-state index contributed by atoms with van der Waals surface area (Å²) < 4.78 is 44.3. The summed E-state index contributed by atoms with van der Waals surface area (Å²) in [5.74, 6) is -1.87. The highest BCUT2D eigenvalue weighted by molar-refractivity contribution is 5.68. The first-order valence-electron chi connectivity index (χ1n) is 8.94. The maximum atomic E-state index is 14.3. The topological polar surface area (TPSA) is 77.0 Å². The Kier molecular flexibility index (Phi) is 7.13. The zero-order valence-electron chi connectivity index (χ0n) is 16.0. The lowest BCUT2D eigenvalue weighted by Crippen LogP contribution is -2.56. The first-order chi connectivity index (χ1) is 12.6. The highest BCUT2D eigenvalue weighted by Gasteiger charge is 2.43. The Morgan fingerprint density at radius 3 is 2.70 bits per heavy atom. The lowest BCUT2D eigenvalue weighted by atomic mass is 9.85.